The van der Waals surface area contributed by atoms with Gasteiger partial charge in [0.1, 0.15) is 11.6 Å². The lowest BCUT2D eigenvalue weighted by atomic mass is 10.2. The Morgan fingerprint density at radius 3 is 2.75 bits per heavy atom. The van der Waals surface area contributed by atoms with Gasteiger partial charge >= 0.3 is 0 Å². The van der Waals surface area contributed by atoms with E-state index >= 15 is 0 Å². The number of rotatable bonds is 7. The molecule has 0 N–H and O–H groups in total. The first-order valence-corrected chi connectivity index (χ1v) is 7.38. The summed E-state index contributed by atoms with van der Waals surface area (Å²) < 4.78 is 12.9. The summed E-state index contributed by atoms with van der Waals surface area (Å²) in [4.78, 5) is 4.70. The highest BCUT2D eigenvalue weighted by Crippen LogP contribution is 2.27. The van der Waals surface area contributed by atoms with E-state index in [0.29, 0.717) is 12.5 Å². The zero-order chi connectivity index (χ0) is 14.5. The molecule has 0 fully saturated rings. The van der Waals surface area contributed by atoms with Crippen molar-refractivity contribution in [2.45, 2.75) is 25.8 Å². The van der Waals surface area contributed by atoms with Gasteiger partial charge in [-0.3, -0.25) is 0 Å². The zero-order valence-corrected chi connectivity index (χ0v) is 13.0. The van der Waals surface area contributed by atoms with E-state index in [2.05, 4.69) is 11.5 Å². The molecule has 1 atom stereocenters. The van der Waals surface area contributed by atoms with Crippen LogP contribution >= 0.6 is 11.6 Å². The topological polar surface area (TPSA) is 36.3 Å². The van der Waals surface area contributed by atoms with Gasteiger partial charge in [-0.05, 0) is 18.6 Å². The van der Waals surface area contributed by atoms with Crippen molar-refractivity contribution in [3.8, 4) is 5.75 Å². The van der Waals surface area contributed by atoms with Crippen LogP contribution in [0.1, 0.15) is 25.2 Å². The quantitative estimate of drug-likeness (QED) is 0.735. The number of aromatic nitrogens is 2. The lowest BCUT2D eigenvalue weighted by Gasteiger charge is -2.19. The molecule has 1 aromatic heterocycles. The molecule has 0 saturated heterocycles. The maximum absolute atomic E-state index is 5.91. The number of fused-ring (bicyclic) bond motifs is 1. The summed E-state index contributed by atoms with van der Waals surface area (Å²) in [7, 11) is 3.40. The maximum Gasteiger partial charge on any atom is 0.121 e. The summed E-state index contributed by atoms with van der Waals surface area (Å²) in [6.07, 6.45) is 1.73. The average Bonchev–Trinajstić information content (AvgIpc) is 2.82. The lowest BCUT2D eigenvalue weighted by Crippen LogP contribution is -2.17. The van der Waals surface area contributed by atoms with Gasteiger partial charge in [0.25, 0.3) is 0 Å². The predicted octanol–water partition coefficient (Wildman–Crippen LogP) is 3.42. The summed E-state index contributed by atoms with van der Waals surface area (Å²) in [5.74, 6) is 2.40. The Morgan fingerprint density at radius 1 is 1.35 bits per heavy atom. The van der Waals surface area contributed by atoms with Crippen LogP contribution in [0.5, 0.6) is 5.75 Å². The minimum atomic E-state index is 0.260. The van der Waals surface area contributed by atoms with Crippen molar-refractivity contribution in [2.75, 3.05) is 26.7 Å². The largest absolute Gasteiger partial charge is 0.497 e. The van der Waals surface area contributed by atoms with Gasteiger partial charge < -0.3 is 14.0 Å². The third kappa shape index (κ3) is 2.91. The van der Waals surface area contributed by atoms with Crippen LogP contribution in [0, 0.1) is 0 Å². The smallest absolute Gasteiger partial charge is 0.121 e. The molecule has 5 heteroatoms. The fourth-order valence-corrected chi connectivity index (χ4v) is 2.65. The van der Waals surface area contributed by atoms with Crippen LogP contribution in [-0.2, 0) is 11.2 Å². The fourth-order valence-electron chi connectivity index (χ4n) is 2.49. The first-order chi connectivity index (χ1) is 9.74. The van der Waals surface area contributed by atoms with E-state index in [4.69, 9.17) is 26.1 Å². The number of halogens is 1. The van der Waals surface area contributed by atoms with Crippen molar-refractivity contribution in [1.29, 1.82) is 0 Å². The molecule has 4 nitrogen and oxygen atoms in total. The molecule has 0 aliphatic heterocycles. The Labute approximate surface area is 124 Å². The highest BCUT2D eigenvalue weighted by atomic mass is 35.5. The number of benzene rings is 1. The highest BCUT2D eigenvalue weighted by molar-refractivity contribution is 6.17. The van der Waals surface area contributed by atoms with Gasteiger partial charge in [-0.1, -0.05) is 6.92 Å². The molecular formula is C15H21ClN2O2. The van der Waals surface area contributed by atoms with Gasteiger partial charge in [-0.2, -0.15) is 0 Å². The fraction of sp³-hybridized carbons (Fsp3) is 0.533. The molecule has 1 aromatic carbocycles. The second-order valence-corrected chi connectivity index (χ2v) is 5.09. The van der Waals surface area contributed by atoms with Crippen molar-refractivity contribution in [2.24, 2.45) is 0 Å². The Hall–Kier alpha value is -1.26. The molecule has 0 aliphatic carbocycles. The van der Waals surface area contributed by atoms with Gasteiger partial charge in [0.05, 0.1) is 30.8 Å². The standard InChI is InChI=1S/C15H21ClN2O2/c1-4-11(10-19-2)18-14-9-12(20-3)5-6-13(14)17-15(18)7-8-16/h5-6,9,11H,4,7-8,10H2,1-3H3. The summed E-state index contributed by atoms with van der Waals surface area (Å²) in [5.41, 5.74) is 2.05. The second-order valence-electron chi connectivity index (χ2n) is 4.71. The Bertz CT molecular complexity index is 568. The van der Waals surface area contributed by atoms with Crippen LogP contribution in [0.25, 0.3) is 11.0 Å². The van der Waals surface area contributed by atoms with Crippen LogP contribution in [0.2, 0.25) is 0 Å². The number of hydrogen-bond donors (Lipinski definition) is 0. The summed E-state index contributed by atoms with van der Waals surface area (Å²) >= 11 is 5.91. The van der Waals surface area contributed by atoms with Gasteiger partial charge in [-0.25, -0.2) is 4.98 Å². The molecule has 0 radical (unpaired) electrons. The molecule has 2 aromatic rings. The van der Waals surface area contributed by atoms with E-state index in [1.165, 1.54) is 0 Å². The van der Waals surface area contributed by atoms with E-state index in [-0.39, 0.29) is 6.04 Å². The van der Waals surface area contributed by atoms with Gasteiger partial charge in [-0.15, -0.1) is 11.6 Å². The molecule has 1 unspecified atom stereocenters. The van der Waals surface area contributed by atoms with Crippen molar-refractivity contribution >= 4 is 22.6 Å². The molecule has 0 aliphatic rings. The first kappa shape index (κ1) is 15.1. The molecule has 20 heavy (non-hydrogen) atoms. The predicted molar refractivity (Wildman–Crippen MR) is 81.9 cm³/mol. The zero-order valence-electron chi connectivity index (χ0n) is 12.2. The van der Waals surface area contributed by atoms with Crippen molar-refractivity contribution < 1.29 is 9.47 Å². The Morgan fingerprint density at radius 2 is 2.15 bits per heavy atom. The van der Waals surface area contributed by atoms with Crippen molar-refractivity contribution in [3.63, 3.8) is 0 Å². The minimum absolute atomic E-state index is 0.260. The number of hydrogen-bond acceptors (Lipinski definition) is 3. The molecule has 1 heterocycles. The number of methoxy groups -OCH3 is 2. The van der Waals surface area contributed by atoms with E-state index in [9.17, 15) is 0 Å². The third-order valence-electron chi connectivity index (χ3n) is 3.48. The van der Waals surface area contributed by atoms with Crippen LogP contribution in [0.3, 0.4) is 0 Å². The lowest BCUT2D eigenvalue weighted by molar-refractivity contribution is 0.153. The molecule has 2 rings (SSSR count). The Balaban J connectivity index is 2.58. The molecule has 0 amide bonds. The van der Waals surface area contributed by atoms with Gasteiger partial charge in [0.2, 0.25) is 0 Å². The maximum atomic E-state index is 5.91. The average molecular weight is 297 g/mol. The summed E-state index contributed by atoms with van der Waals surface area (Å²) in [6, 6.07) is 6.21. The van der Waals surface area contributed by atoms with E-state index < -0.39 is 0 Å². The summed E-state index contributed by atoms with van der Waals surface area (Å²) in [6.45, 7) is 2.81. The second kappa shape index (κ2) is 6.95. The molecule has 0 saturated carbocycles. The van der Waals surface area contributed by atoms with E-state index in [1.807, 2.05) is 18.2 Å². The SMILES string of the molecule is CCC(COC)n1c(CCCl)nc2ccc(OC)cc21. The van der Waals surface area contributed by atoms with Crippen LogP contribution in [0.15, 0.2) is 18.2 Å². The van der Waals surface area contributed by atoms with Crippen LogP contribution < -0.4 is 4.74 Å². The van der Waals surface area contributed by atoms with Gasteiger partial charge in [0.15, 0.2) is 0 Å². The Kier molecular flexibility index (Phi) is 5.26. The molecule has 110 valence electrons. The van der Waals surface area contributed by atoms with Crippen LogP contribution in [0.4, 0.5) is 0 Å². The summed E-state index contributed by atoms with van der Waals surface area (Å²) in [5, 5.41) is 0. The number of ether oxygens (including phenoxy) is 2. The molecule has 0 bridgehead atoms. The third-order valence-corrected chi connectivity index (χ3v) is 3.67. The normalized spacial score (nSPS) is 12.8. The van der Waals surface area contributed by atoms with E-state index in [1.54, 1.807) is 14.2 Å². The number of alkyl halides is 1. The highest BCUT2D eigenvalue weighted by Gasteiger charge is 2.18. The van der Waals surface area contributed by atoms with Crippen molar-refractivity contribution in [3.05, 3.63) is 24.0 Å². The van der Waals surface area contributed by atoms with E-state index in [0.717, 1.165) is 35.4 Å². The van der Waals surface area contributed by atoms with Crippen molar-refractivity contribution in [1.82, 2.24) is 9.55 Å². The first-order valence-electron chi connectivity index (χ1n) is 6.84. The molecular weight excluding hydrogens is 276 g/mol. The molecule has 0 spiro atoms. The number of nitrogens with zero attached hydrogens (tertiary/aromatic N) is 2. The number of aryl methyl sites for hydroxylation is 1. The number of imidazole rings is 1. The van der Waals surface area contributed by atoms with Crippen LogP contribution in [-0.4, -0.2) is 36.3 Å². The van der Waals surface area contributed by atoms with Gasteiger partial charge in [0, 0.05) is 25.5 Å². The monoisotopic (exact) mass is 296 g/mol. The minimum Gasteiger partial charge on any atom is -0.497 e.